The molecule has 0 bridgehead atoms. The fourth-order valence-corrected chi connectivity index (χ4v) is 4.22. The van der Waals surface area contributed by atoms with E-state index in [-0.39, 0.29) is 6.04 Å². The van der Waals surface area contributed by atoms with Gasteiger partial charge in [-0.3, -0.25) is 9.67 Å². The van der Waals surface area contributed by atoms with Gasteiger partial charge >= 0.3 is 0 Å². The molecule has 1 aliphatic rings. The first-order chi connectivity index (χ1) is 12.6. The summed E-state index contributed by atoms with van der Waals surface area (Å²) in [6, 6.07) is 2.17. The summed E-state index contributed by atoms with van der Waals surface area (Å²) in [5.74, 6) is 1.45. The number of pyridine rings is 1. The van der Waals surface area contributed by atoms with Crippen LogP contribution >= 0.6 is 11.6 Å². The molecule has 1 atom stereocenters. The summed E-state index contributed by atoms with van der Waals surface area (Å²) in [5.41, 5.74) is 3.00. The van der Waals surface area contributed by atoms with E-state index in [9.17, 15) is 0 Å². The van der Waals surface area contributed by atoms with E-state index in [1.807, 2.05) is 10.7 Å². The van der Waals surface area contributed by atoms with Crippen molar-refractivity contribution in [2.24, 2.45) is 5.92 Å². The van der Waals surface area contributed by atoms with E-state index in [2.05, 4.69) is 40.6 Å². The molecule has 1 saturated heterocycles. The normalized spacial score (nSPS) is 17.6. The van der Waals surface area contributed by atoms with Crippen LogP contribution < -0.4 is 4.90 Å². The third kappa shape index (κ3) is 2.92. The van der Waals surface area contributed by atoms with Gasteiger partial charge in [-0.05, 0) is 31.7 Å². The van der Waals surface area contributed by atoms with Crippen LogP contribution in [0.1, 0.15) is 44.0 Å². The van der Waals surface area contributed by atoms with E-state index in [0.29, 0.717) is 5.92 Å². The number of hydrogen-bond donors (Lipinski definition) is 0. The minimum absolute atomic E-state index is 0.190. The Morgan fingerprint density at radius 2 is 2.15 bits per heavy atom. The Morgan fingerprint density at radius 3 is 2.96 bits per heavy atom. The van der Waals surface area contributed by atoms with Gasteiger partial charge in [0, 0.05) is 30.2 Å². The van der Waals surface area contributed by atoms with Crippen molar-refractivity contribution >= 4 is 28.3 Å². The number of nitrogens with zero attached hydrogens (tertiary/aromatic N) is 6. The van der Waals surface area contributed by atoms with Gasteiger partial charge in [-0.2, -0.15) is 5.10 Å². The molecule has 4 rings (SSSR count). The molecule has 0 radical (unpaired) electrons. The Hall–Kier alpha value is -2.21. The largest absolute Gasteiger partial charge is 0.349 e. The zero-order valence-electron chi connectivity index (χ0n) is 15.4. The van der Waals surface area contributed by atoms with Gasteiger partial charge in [-0.15, -0.1) is 0 Å². The Labute approximate surface area is 158 Å². The predicted molar refractivity (Wildman–Crippen MR) is 103 cm³/mol. The maximum Gasteiger partial charge on any atom is 0.140 e. The van der Waals surface area contributed by atoms with E-state index in [1.54, 1.807) is 18.7 Å². The molecule has 136 valence electrons. The zero-order chi connectivity index (χ0) is 18.3. The molecule has 0 aromatic carbocycles. The van der Waals surface area contributed by atoms with E-state index in [4.69, 9.17) is 16.7 Å². The summed E-state index contributed by atoms with van der Waals surface area (Å²) in [5, 5.41) is 6.48. The summed E-state index contributed by atoms with van der Waals surface area (Å²) in [6.45, 7) is 8.18. The van der Waals surface area contributed by atoms with Crippen LogP contribution in [0.25, 0.3) is 10.9 Å². The first-order valence-electron chi connectivity index (χ1n) is 9.10. The molecule has 3 aromatic rings. The Bertz CT molecular complexity index is 930. The van der Waals surface area contributed by atoms with Crippen LogP contribution in [0.15, 0.2) is 24.8 Å². The van der Waals surface area contributed by atoms with Gasteiger partial charge in [0.1, 0.15) is 17.3 Å². The van der Waals surface area contributed by atoms with Crippen molar-refractivity contribution in [3.63, 3.8) is 0 Å². The minimum Gasteiger partial charge on any atom is -0.349 e. The average molecular weight is 371 g/mol. The van der Waals surface area contributed by atoms with Crippen LogP contribution in [-0.2, 0) is 6.54 Å². The summed E-state index contributed by atoms with van der Waals surface area (Å²) in [6.07, 6.45) is 7.34. The molecule has 6 nitrogen and oxygen atoms in total. The van der Waals surface area contributed by atoms with Crippen molar-refractivity contribution < 1.29 is 0 Å². The number of fused-ring (bicyclic) bond motifs is 1. The molecule has 0 amide bonds. The highest BCUT2D eigenvalue weighted by Crippen LogP contribution is 2.41. The van der Waals surface area contributed by atoms with Crippen LogP contribution in [0.5, 0.6) is 0 Å². The van der Waals surface area contributed by atoms with Crippen molar-refractivity contribution in [2.75, 3.05) is 11.4 Å². The second-order valence-corrected chi connectivity index (χ2v) is 7.67. The van der Waals surface area contributed by atoms with Crippen LogP contribution in [0.3, 0.4) is 0 Å². The van der Waals surface area contributed by atoms with E-state index < -0.39 is 0 Å². The molecule has 7 heteroatoms. The molecule has 1 aliphatic heterocycles. The fourth-order valence-electron chi connectivity index (χ4n) is 3.86. The highest BCUT2D eigenvalue weighted by atomic mass is 35.5. The molecule has 3 aromatic heterocycles. The van der Waals surface area contributed by atoms with Gasteiger partial charge in [0.05, 0.1) is 23.4 Å². The van der Waals surface area contributed by atoms with E-state index in [0.717, 1.165) is 59.1 Å². The highest BCUT2D eigenvalue weighted by Gasteiger charge is 2.33. The summed E-state index contributed by atoms with van der Waals surface area (Å²) in [4.78, 5) is 15.5. The standard InChI is InChI=1S/C19H23ClN6/c1-12(2)10-26-18(20)17(13(3)24-26)16-5-4-8-25(16)19-14-6-7-21-9-15(14)22-11-23-19/h6-7,9,11-12,16H,4-5,8,10H2,1-3H3. The SMILES string of the molecule is Cc1nn(CC(C)C)c(Cl)c1C1CCCN1c1ncnc2cnccc12. The molecule has 0 aliphatic carbocycles. The molecule has 0 N–H and O–H groups in total. The van der Waals surface area contributed by atoms with Gasteiger partial charge in [0.15, 0.2) is 0 Å². The van der Waals surface area contributed by atoms with Crippen molar-refractivity contribution in [3.05, 3.63) is 41.2 Å². The Kier molecular flexibility index (Phi) is 4.53. The van der Waals surface area contributed by atoms with Gasteiger partial charge in [-0.25, -0.2) is 9.97 Å². The van der Waals surface area contributed by atoms with Crippen LogP contribution in [0.2, 0.25) is 5.15 Å². The smallest absolute Gasteiger partial charge is 0.140 e. The molecule has 26 heavy (non-hydrogen) atoms. The zero-order valence-corrected chi connectivity index (χ0v) is 16.1. The summed E-state index contributed by atoms with van der Waals surface area (Å²) < 4.78 is 1.94. The van der Waals surface area contributed by atoms with Gasteiger partial charge in [0.2, 0.25) is 0 Å². The number of aromatic nitrogens is 5. The first kappa shape index (κ1) is 17.2. The molecule has 0 saturated carbocycles. The lowest BCUT2D eigenvalue weighted by atomic mass is 10.1. The maximum atomic E-state index is 6.76. The second-order valence-electron chi connectivity index (χ2n) is 7.31. The third-order valence-electron chi connectivity index (χ3n) is 4.92. The Balaban J connectivity index is 1.77. The third-order valence-corrected chi connectivity index (χ3v) is 5.32. The minimum atomic E-state index is 0.190. The lowest BCUT2D eigenvalue weighted by Gasteiger charge is -2.26. The number of aryl methyl sites for hydroxylation is 1. The molecule has 1 unspecified atom stereocenters. The molecule has 1 fully saturated rings. The van der Waals surface area contributed by atoms with Crippen molar-refractivity contribution in [3.8, 4) is 0 Å². The highest BCUT2D eigenvalue weighted by molar-refractivity contribution is 6.30. The Morgan fingerprint density at radius 1 is 1.31 bits per heavy atom. The average Bonchev–Trinajstić information content (AvgIpc) is 3.18. The quantitative estimate of drug-likeness (QED) is 0.689. The van der Waals surface area contributed by atoms with Crippen molar-refractivity contribution in [1.29, 1.82) is 0 Å². The molecule has 0 spiro atoms. The maximum absolute atomic E-state index is 6.76. The van der Waals surface area contributed by atoms with Crippen LogP contribution in [0.4, 0.5) is 5.82 Å². The fraction of sp³-hybridized carbons (Fsp3) is 0.474. The lowest BCUT2D eigenvalue weighted by Crippen LogP contribution is -2.24. The van der Waals surface area contributed by atoms with Crippen molar-refractivity contribution in [1.82, 2.24) is 24.7 Å². The number of hydrogen-bond acceptors (Lipinski definition) is 5. The van der Waals surface area contributed by atoms with Gasteiger partial charge in [-0.1, -0.05) is 25.4 Å². The van der Waals surface area contributed by atoms with Crippen molar-refractivity contribution in [2.45, 2.75) is 46.2 Å². The molecular formula is C19H23ClN6. The van der Waals surface area contributed by atoms with E-state index >= 15 is 0 Å². The monoisotopic (exact) mass is 370 g/mol. The first-order valence-corrected chi connectivity index (χ1v) is 9.48. The van der Waals surface area contributed by atoms with Gasteiger partial charge in [0.25, 0.3) is 0 Å². The number of halogens is 1. The number of anilines is 1. The molecule has 4 heterocycles. The van der Waals surface area contributed by atoms with Gasteiger partial charge < -0.3 is 4.90 Å². The van der Waals surface area contributed by atoms with Crippen LogP contribution in [-0.4, -0.2) is 31.3 Å². The second kappa shape index (κ2) is 6.83. The summed E-state index contributed by atoms with van der Waals surface area (Å²) >= 11 is 6.76. The summed E-state index contributed by atoms with van der Waals surface area (Å²) in [7, 11) is 0. The van der Waals surface area contributed by atoms with Crippen LogP contribution in [0, 0.1) is 12.8 Å². The topological polar surface area (TPSA) is 59.7 Å². The predicted octanol–water partition coefficient (Wildman–Crippen LogP) is 4.18. The molecular weight excluding hydrogens is 348 g/mol. The number of rotatable bonds is 4. The lowest BCUT2D eigenvalue weighted by molar-refractivity contribution is 0.481. The van der Waals surface area contributed by atoms with E-state index in [1.165, 1.54) is 0 Å².